The molecule has 0 aliphatic carbocycles. The maximum Gasteiger partial charge on any atom is 0.418 e. The molecule has 2 bridgehead atoms. The van der Waals surface area contributed by atoms with Crippen LogP contribution in [0.25, 0.3) is 0 Å². The Bertz CT molecular complexity index is 633. The number of hydrogen-bond donors (Lipinski definition) is 3. The van der Waals surface area contributed by atoms with E-state index in [1.807, 2.05) is 20.8 Å². The summed E-state index contributed by atoms with van der Waals surface area (Å²) in [6.07, 6.45) is 0.652. The SMILES string of the molecule is CC(C)(C)C(N)CONC(=O)[C@@H]1CC[C@@H]2CN1C(=O)N2OS(=O)(=O)O. The zero-order valence-electron chi connectivity index (χ0n) is 14.3. The van der Waals surface area contributed by atoms with Crippen LogP contribution in [-0.2, 0) is 24.3 Å². The highest BCUT2D eigenvalue weighted by molar-refractivity contribution is 7.80. The number of nitrogens with two attached hydrogens (primary N) is 1. The molecule has 0 aromatic carbocycles. The van der Waals surface area contributed by atoms with Crippen LogP contribution in [0, 0.1) is 5.41 Å². The van der Waals surface area contributed by atoms with Crippen molar-refractivity contribution in [1.29, 1.82) is 0 Å². The van der Waals surface area contributed by atoms with Crippen LogP contribution in [0.1, 0.15) is 33.6 Å². The Labute approximate surface area is 146 Å². The molecule has 12 heteroatoms. The number of amides is 3. The molecule has 4 N–H and O–H groups in total. The quantitative estimate of drug-likeness (QED) is 0.408. The lowest BCUT2D eigenvalue weighted by Gasteiger charge is -2.30. The average Bonchev–Trinajstić information content (AvgIpc) is 2.70. The van der Waals surface area contributed by atoms with Gasteiger partial charge in [0.05, 0.1) is 12.6 Å². The second kappa shape index (κ2) is 7.03. The van der Waals surface area contributed by atoms with Crippen molar-refractivity contribution >= 4 is 22.3 Å². The van der Waals surface area contributed by atoms with Crippen LogP contribution < -0.4 is 11.2 Å². The number of nitrogens with one attached hydrogen (secondary N) is 1. The highest BCUT2D eigenvalue weighted by Gasteiger charge is 2.49. The Kier molecular flexibility index (Phi) is 5.59. The van der Waals surface area contributed by atoms with E-state index in [4.69, 9.17) is 15.1 Å². The van der Waals surface area contributed by atoms with Gasteiger partial charge in [0.1, 0.15) is 6.04 Å². The minimum atomic E-state index is -4.82. The molecule has 144 valence electrons. The van der Waals surface area contributed by atoms with Crippen LogP contribution in [0.5, 0.6) is 0 Å². The number of rotatable bonds is 6. The predicted molar refractivity (Wildman–Crippen MR) is 84.9 cm³/mol. The van der Waals surface area contributed by atoms with Gasteiger partial charge in [-0.3, -0.25) is 14.2 Å². The normalized spacial score (nSPS) is 25.2. The van der Waals surface area contributed by atoms with Crippen molar-refractivity contribution in [3.05, 3.63) is 0 Å². The first-order chi connectivity index (χ1) is 11.4. The van der Waals surface area contributed by atoms with E-state index in [9.17, 15) is 18.0 Å². The van der Waals surface area contributed by atoms with Gasteiger partial charge in [0.2, 0.25) is 0 Å². The summed E-state index contributed by atoms with van der Waals surface area (Å²) in [5.41, 5.74) is 8.02. The molecule has 2 heterocycles. The number of piperidine rings is 1. The summed E-state index contributed by atoms with van der Waals surface area (Å²) in [5, 5.41) is 0.582. The van der Waals surface area contributed by atoms with Gasteiger partial charge in [-0.05, 0) is 18.3 Å². The molecule has 11 nitrogen and oxygen atoms in total. The largest absolute Gasteiger partial charge is 0.418 e. The van der Waals surface area contributed by atoms with Crippen LogP contribution in [-0.4, -0.2) is 66.1 Å². The molecular weight excluding hydrogens is 356 g/mol. The summed E-state index contributed by atoms with van der Waals surface area (Å²) < 4.78 is 34.7. The summed E-state index contributed by atoms with van der Waals surface area (Å²) in [6.45, 7) is 6.05. The molecule has 0 aromatic rings. The number of carbonyl (C=O) groups excluding carboxylic acids is 2. The van der Waals surface area contributed by atoms with E-state index in [2.05, 4.69) is 9.76 Å². The van der Waals surface area contributed by atoms with Crippen molar-refractivity contribution in [2.45, 2.75) is 51.7 Å². The molecule has 0 saturated carbocycles. The standard InChI is InChI=1S/C13H24N4O7S/c1-13(2,3)10(14)7-23-15-11(18)9-5-4-8-6-16(9)12(19)17(8)24-25(20,21)22/h8-10H,4-7,14H2,1-3H3,(H,15,18)(H,20,21,22)/t8-,9+,10?/m1/s1. The van der Waals surface area contributed by atoms with Gasteiger partial charge in [-0.25, -0.2) is 10.3 Å². The molecular formula is C13H24N4O7S. The van der Waals surface area contributed by atoms with Crippen LogP contribution in [0.4, 0.5) is 4.79 Å². The zero-order chi connectivity index (χ0) is 19.0. The number of nitrogens with zero attached hydrogens (tertiary/aromatic N) is 2. The average molecular weight is 380 g/mol. The monoisotopic (exact) mass is 380 g/mol. The Morgan fingerprint density at radius 1 is 1.44 bits per heavy atom. The fourth-order valence-corrected chi connectivity index (χ4v) is 3.01. The minimum absolute atomic E-state index is 0.108. The number of fused-ring (bicyclic) bond motifs is 2. The van der Waals surface area contributed by atoms with E-state index in [1.54, 1.807) is 0 Å². The highest BCUT2D eigenvalue weighted by Crippen LogP contribution is 2.30. The molecule has 2 rings (SSSR count). The van der Waals surface area contributed by atoms with Crippen LogP contribution in [0.15, 0.2) is 0 Å². The van der Waals surface area contributed by atoms with Crippen molar-refractivity contribution < 1.29 is 31.7 Å². The molecule has 25 heavy (non-hydrogen) atoms. The molecule has 0 radical (unpaired) electrons. The third-order valence-corrected chi connectivity index (χ3v) is 4.70. The summed E-state index contributed by atoms with van der Waals surface area (Å²) in [6, 6.07) is -2.46. The van der Waals surface area contributed by atoms with E-state index >= 15 is 0 Å². The first-order valence-electron chi connectivity index (χ1n) is 7.84. The van der Waals surface area contributed by atoms with E-state index in [1.165, 1.54) is 4.90 Å². The first kappa shape index (κ1) is 19.8. The van der Waals surface area contributed by atoms with Crippen LogP contribution in [0.3, 0.4) is 0 Å². The Hall–Kier alpha value is -1.47. The molecule has 0 aromatic heterocycles. The van der Waals surface area contributed by atoms with Crippen molar-refractivity contribution in [2.75, 3.05) is 13.2 Å². The fraction of sp³-hybridized carbons (Fsp3) is 0.846. The van der Waals surface area contributed by atoms with Crippen molar-refractivity contribution in [3.63, 3.8) is 0 Å². The van der Waals surface area contributed by atoms with Crippen LogP contribution >= 0.6 is 0 Å². The number of carbonyl (C=O) groups is 2. The van der Waals surface area contributed by atoms with Gasteiger partial charge in [0, 0.05) is 12.6 Å². The van der Waals surface area contributed by atoms with Crippen molar-refractivity contribution in [3.8, 4) is 0 Å². The Morgan fingerprint density at radius 2 is 2.08 bits per heavy atom. The Balaban J connectivity index is 1.92. The van der Waals surface area contributed by atoms with Gasteiger partial charge in [0.25, 0.3) is 5.91 Å². The molecule has 1 unspecified atom stereocenters. The predicted octanol–water partition coefficient (Wildman–Crippen LogP) is -0.589. The molecule has 2 aliphatic heterocycles. The maximum absolute atomic E-state index is 12.3. The van der Waals surface area contributed by atoms with E-state index in [0.29, 0.717) is 17.9 Å². The van der Waals surface area contributed by atoms with Crippen molar-refractivity contribution in [2.24, 2.45) is 11.1 Å². The first-order valence-corrected chi connectivity index (χ1v) is 9.20. The molecule has 3 amide bonds. The fourth-order valence-electron chi connectivity index (χ4n) is 2.62. The molecule has 2 aliphatic rings. The molecule has 0 spiro atoms. The second-order valence-electron chi connectivity index (χ2n) is 7.26. The van der Waals surface area contributed by atoms with Gasteiger partial charge >= 0.3 is 16.4 Å². The smallest absolute Gasteiger partial charge is 0.325 e. The van der Waals surface area contributed by atoms with E-state index in [0.717, 1.165) is 0 Å². The number of urea groups is 1. The minimum Gasteiger partial charge on any atom is -0.325 e. The second-order valence-corrected chi connectivity index (χ2v) is 8.26. The van der Waals surface area contributed by atoms with Crippen molar-refractivity contribution in [1.82, 2.24) is 15.4 Å². The maximum atomic E-state index is 12.3. The lowest BCUT2D eigenvalue weighted by atomic mass is 9.88. The lowest BCUT2D eigenvalue weighted by molar-refractivity contribution is -0.139. The number of hydroxylamine groups is 3. The van der Waals surface area contributed by atoms with E-state index < -0.39 is 34.4 Å². The summed E-state index contributed by atoms with van der Waals surface area (Å²) in [5.74, 6) is -0.526. The van der Waals surface area contributed by atoms with Gasteiger partial charge < -0.3 is 10.6 Å². The van der Waals surface area contributed by atoms with Gasteiger partial charge in [-0.15, -0.1) is 4.28 Å². The van der Waals surface area contributed by atoms with Crippen LogP contribution in [0.2, 0.25) is 0 Å². The lowest BCUT2D eigenvalue weighted by Crippen LogP contribution is -2.50. The third-order valence-electron chi connectivity index (χ3n) is 4.35. The zero-order valence-corrected chi connectivity index (χ0v) is 15.2. The molecule has 3 atom stereocenters. The summed E-state index contributed by atoms with van der Waals surface area (Å²) in [7, 11) is -4.82. The van der Waals surface area contributed by atoms with Gasteiger partial charge in [-0.2, -0.15) is 13.5 Å². The molecule has 2 fully saturated rings. The number of hydrogen-bond acceptors (Lipinski definition) is 7. The Morgan fingerprint density at radius 3 is 2.64 bits per heavy atom. The summed E-state index contributed by atoms with van der Waals surface area (Å²) in [4.78, 5) is 30.8. The third kappa shape index (κ3) is 4.79. The molecule has 2 saturated heterocycles. The van der Waals surface area contributed by atoms with E-state index in [-0.39, 0.29) is 24.6 Å². The topological polar surface area (TPSA) is 151 Å². The van der Waals surface area contributed by atoms with Gasteiger partial charge in [-0.1, -0.05) is 20.8 Å². The highest BCUT2D eigenvalue weighted by atomic mass is 32.3. The van der Waals surface area contributed by atoms with Gasteiger partial charge in [0.15, 0.2) is 0 Å². The summed E-state index contributed by atoms with van der Waals surface area (Å²) >= 11 is 0.